The van der Waals surface area contributed by atoms with E-state index >= 15 is 0 Å². The van der Waals surface area contributed by atoms with Crippen molar-refractivity contribution in [3.05, 3.63) is 75.8 Å². The molecule has 4 amide bonds. The van der Waals surface area contributed by atoms with E-state index in [0.29, 0.717) is 10.5 Å². The second kappa shape index (κ2) is 6.18. The van der Waals surface area contributed by atoms with E-state index in [1.807, 2.05) is 0 Å². The quantitative estimate of drug-likeness (QED) is 0.586. The van der Waals surface area contributed by atoms with Crippen molar-refractivity contribution in [3.8, 4) is 0 Å². The van der Waals surface area contributed by atoms with Gasteiger partial charge in [-0.25, -0.2) is 4.98 Å². The zero-order valence-electron chi connectivity index (χ0n) is 15.7. The summed E-state index contributed by atoms with van der Waals surface area (Å²) in [4.78, 5) is 69.5. The van der Waals surface area contributed by atoms with E-state index in [0.717, 1.165) is 9.58 Å². The molecule has 2 aliphatic rings. The predicted octanol–water partition coefficient (Wildman–Crippen LogP) is 0.765. The molecule has 0 aliphatic carbocycles. The minimum atomic E-state index is -1.32. The van der Waals surface area contributed by atoms with Crippen molar-refractivity contribution >= 4 is 34.5 Å². The van der Waals surface area contributed by atoms with Crippen LogP contribution in [0.15, 0.2) is 53.3 Å². The van der Waals surface area contributed by atoms with Crippen molar-refractivity contribution < 1.29 is 19.2 Å². The summed E-state index contributed by atoms with van der Waals surface area (Å²) in [5.74, 6) is -2.64. The number of para-hydroxylation sites is 1. The van der Waals surface area contributed by atoms with E-state index in [2.05, 4.69) is 4.98 Å². The summed E-state index contributed by atoms with van der Waals surface area (Å²) in [7, 11) is 0. The van der Waals surface area contributed by atoms with Gasteiger partial charge in [-0.2, -0.15) is 9.69 Å². The van der Waals surface area contributed by atoms with Gasteiger partial charge in [0.15, 0.2) is 0 Å². The Kier molecular flexibility index (Phi) is 3.69. The highest BCUT2D eigenvalue weighted by atomic mass is 16.2. The van der Waals surface area contributed by atoms with Crippen LogP contribution in [0.1, 0.15) is 33.0 Å². The maximum absolute atomic E-state index is 13.2. The van der Waals surface area contributed by atoms with Gasteiger partial charge in [0.1, 0.15) is 11.9 Å². The van der Waals surface area contributed by atoms with Crippen molar-refractivity contribution in [1.29, 1.82) is 0 Å². The van der Waals surface area contributed by atoms with Gasteiger partial charge in [0, 0.05) is 0 Å². The molecule has 0 saturated carbocycles. The van der Waals surface area contributed by atoms with Crippen LogP contribution in [0, 0.1) is 6.92 Å². The number of aromatic nitrogens is 2. The van der Waals surface area contributed by atoms with Crippen LogP contribution in [0.25, 0.3) is 10.9 Å². The van der Waals surface area contributed by atoms with Crippen LogP contribution in [0.5, 0.6) is 0 Å². The average molecular weight is 402 g/mol. The molecule has 1 aromatic heterocycles. The molecule has 30 heavy (non-hydrogen) atoms. The Balaban J connectivity index is 1.59. The summed E-state index contributed by atoms with van der Waals surface area (Å²) in [6.45, 7) is 1.50. The molecule has 0 spiro atoms. The highest BCUT2D eigenvalue weighted by Gasteiger charge is 2.51. The van der Waals surface area contributed by atoms with Crippen LogP contribution < -0.4 is 10.6 Å². The minimum Gasteiger partial charge on any atom is -0.272 e. The second-order valence-electron chi connectivity index (χ2n) is 7.08. The molecular weight excluding hydrogens is 388 g/mol. The predicted molar refractivity (Wildman–Crippen MR) is 104 cm³/mol. The number of nitrogens with zero attached hydrogens (tertiary/aromatic N) is 4. The van der Waals surface area contributed by atoms with E-state index < -0.39 is 41.7 Å². The molecule has 1 unspecified atom stereocenters. The monoisotopic (exact) mass is 402 g/mol. The maximum atomic E-state index is 13.2. The van der Waals surface area contributed by atoms with Gasteiger partial charge in [-0.15, -0.1) is 0 Å². The molecule has 0 bridgehead atoms. The summed E-state index contributed by atoms with van der Waals surface area (Å²) in [6.07, 6.45) is -0.400. The van der Waals surface area contributed by atoms with E-state index in [9.17, 15) is 24.0 Å². The first-order valence-corrected chi connectivity index (χ1v) is 9.22. The van der Waals surface area contributed by atoms with Gasteiger partial charge in [-0.05, 0) is 31.2 Å². The van der Waals surface area contributed by atoms with Crippen molar-refractivity contribution in [1.82, 2.24) is 14.6 Å². The molecule has 1 fully saturated rings. The fraction of sp³-hybridized carbons (Fsp3) is 0.143. The minimum absolute atomic E-state index is 0.142. The van der Waals surface area contributed by atoms with E-state index in [4.69, 9.17) is 0 Å². The van der Waals surface area contributed by atoms with E-state index in [-0.39, 0.29) is 22.3 Å². The van der Waals surface area contributed by atoms with Crippen LogP contribution in [0.3, 0.4) is 0 Å². The van der Waals surface area contributed by atoms with Gasteiger partial charge in [0.2, 0.25) is 0 Å². The molecule has 0 radical (unpaired) electrons. The Morgan fingerprint density at radius 1 is 0.867 bits per heavy atom. The number of carbonyl (C=O) groups is 4. The third kappa shape index (κ3) is 2.29. The van der Waals surface area contributed by atoms with Crippen molar-refractivity contribution in [2.75, 3.05) is 5.01 Å². The first-order valence-electron chi connectivity index (χ1n) is 9.22. The smallest absolute Gasteiger partial charge is 0.272 e. The zero-order valence-corrected chi connectivity index (χ0v) is 15.7. The summed E-state index contributed by atoms with van der Waals surface area (Å²) < 4.78 is 0.908. The summed E-state index contributed by atoms with van der Waals surface area (Å²) in [6, 6.07) is 11.5. The number of rotatable bonds is 2. The van der Waals surface area contributed by atoms with Crippen molar-refractivity contribution in [2.45, 2.75) is 19.4 Å². The second-order valence-corrected chi connectivity index (χ2v) is 7.08. The zero-order chi connectivity index (χ0) is 21.2. The van der Waals surface area contributed by atoms with Gasteiger partial charge in [-0.1, -0.05) is 24.3 Å². The Hall–Kier alpha value is -4.14. The standard InChI is InChI=1S/C21H14N4O5/c1-11-22-15-9-5-4-8-14(15)20(29)24(11)25-17(26)10-16(21(25)30)23-18(27)12-6-2-3-7-13(12)19(23)28/h2-9,16H,10H2,1H3. The normalized spacial score (nSPS) is 18.6. The third-order valence-corrected chi connectivity index (χ3v) is 5.35. The molecule has 1 atom stereocenters. The molecular formula is C21H14N4O5. The Bertz CT molecular complexity index is 1320. The molecule has 0 N–H and O–H groups in total. The molecule has 5 rings (SSSR count). The summed E-state index contributed by atoms with van der Waals surface area (Å²) in [5.41, 5.74) is 0.221. The van der Waals surface area contributed by atoms with Crippen LogP contribution in [-0.4, -0.2) is 44.2 Å². The van der Waals surface area contributed by atoms with Crippen LogP contribution in [0.2, 0.25) is 0 Å². The number of aryl methyl sites for hydroxylation is 1. The Morgan fingerprint density at radius 2 is 1.47 bits per heavy atom. The number of hydrogen-bond acceptors (Lipinski definition) is 6. The number of carbonyl (C=O) groups excluding carboxylic acids is 4. The number of benzene rings is 2. The van der Waals surface area contributed by atoms with Crippen LogP contribution >= 0.6 is 0 Å². The lowest BCUT2D eigenvalue weighted by atomic mass is 10.1. The molecule has 2 aromatic carbocycles. The SMILES string of the molecule is Cc1nc2ccccc2c(=O)n1N1C(=O)CC(N2C(=O)c3ccccc3C2=O)C1=O. The highest BCUT2D eigenvalue weighted by molar-refractivity contribution is 6.26. The molecule has 1 saturated heterocycles. The molecule has 9 nitrogen and oxygen atoms in total. The lowest BCUT2D eigenvalue weighted by Gasteiger charge is -2.22. The molecule has 3 heterocycles. The summed E-state index contributed by atoms with van der Waals surface area (Å²) in [5, 5.41) is 0.929. The fourth-order valence-corrected chi connectivity index (χ4v) is 3.98. The van der Waals surface area contributed by atoms with Crippen molar-refractivity contribution in [3.63, 3.8) is 0 Å². The molecule has 3 aromatic rings. The lowest BCUT2D eigenvalue weighted by Crippen LogP contribution is -2.51. The largest absolute Gasteiger partial charge is 0.280 e. The van der Waals surface area contributed by atoms with Gasteiger partial charge in [0.05, 0.1) is 28.5 Å². The maximum Gasteiger partial charge on any atom is 0.280 e. The van der Waals surface area contributed by atoms with Gasteiger partial charge in [-0.3, -0.25) is 28.9 Å². The lowest BCUT2D eigenvalue weighted by molar-refractivity contribution is -0.124. The molecule has 2 aliphatic heterocycles. The van der Waals surface area contributed by atoms with E-state index in [1.54, 1.807) is 36.4 Å². The number of imide groups is 2. The Labute approximate surface area is 169 Å². The fourth-order valence-electron chi connectivity index (χ4n) is 3.98. The first kappa shape index (κ1) is 17.9. The topological polar surface area (TPSA) is 110 Å². The highest BCUT2D eigenvalue weighted by Crippen LogP contribution is 2.29. The van der Waals surface area contributed by atoms with Gasteiger partial charge >= 0.3 is 0 Å². The number of hydrogen-bond donors (Lipinski definition) is 0. The molecule has 148 valence electrons. The number of amides is 4. The van der Waals surface area contributed by atoms with Crippen LogP contribution in [0.4, 0.5) is 0 Å². The first-order chi connectivity index (χ1) is 14.4. The number of fused-ring (bicyclic) bond motifs is 2. The Morgan fingerprint density at radius 3 is 2.13 bits per heavy atom. The summed E-state index contributed by atoms with van der Waals surface area (Å²) >= 11 is 0. The van der Waals surface area contributed by atoms with Crippen molar-refractivity contribution in [2.24, 2.45) is 0 Å². The van der Waals surface area contributed by atoms with E-state index in [1.165, 1.54) is 19.1 Å². The third-order valence-electron chi connectivity index (χ3n) is 5.35. The van der Waals surface area contributed by atoms with Gasteiger partial charge in [0.25, 0.3) is 29.2 Å². The molecule has 9 heteroatoms. The van der Waals surface area contributed by atoms with Crippen LogP contribution in [-0.2, 0) is 9.59 Å². The average Bonchev–Trinajstić information content (AvgIpc) is 3.15. The van der Waals surface area contributed by atoms with Gasteiger partial charge < -0.3 is 0 Å².